The molecule has 1 N–H and O–H groups in total. The average molecular weight is 251 g/mol. The number of hydrogen-bond donors (Lipinski definition) is 1. The minimum atomic E-state index is 0.523. The Kier molecular flexibility index (Phi) is 5.23. The van der Waals surface area contributed by atoms with Crippen molar-refractivity contribution >= 4 is 5.78 Å². The van der Waals surface area contributed by atoms with Crippen LogP contribution in [0.1, 0.15) is 58.8 Å². The topological polar surface area (TPSA) is 29.1 Å². The Bertz CT molecular complexity index is 268. The van der Waals surface area contributed by atoms with Crippen molar-refractivity contribution in [1.82, 2.24) is 5.32 Å². The van der Waals surface area contributed by atoms with Crippen molar-refractivity contribution in [3.05, 3.63) is 0 Å². The summed E-state index contributed by atoms with van der Waals surface area (Å²) in [6, 6.07) is 0. The van der Waals surface area contributed by atoms with Gasteiger partial charge >= 0.3 is 0 Å². The summed E-state index contributed by atoms with van der Waals surface area (Å²) in [5.41, 5.74) is 0. The molecule has 104 valence electrons. The molecule has 1 aliphatic carbocycles. The number of carbonyl (C=O) groups excluding carboxylic acids is 1. The molecule has 2 fully saturated rings. The number of carbonyl (C=O) groups is 1. The molecule has 1 saturated carbocycles. The van der Waals surface area contributed by atoms with E-state index < -0.39 is 0 Å². The zero-order valence-electron chi connectivity index (χ0n) is 12.1. The van der Waals surface area contributed by atoms with Gasteiger partial charge in [0.25, 0.3) is 0 Å². The molecule has 18 heavy (non-hydrogen) atoms. The lowest BCUT2D eigenvalue weighted by Gasteiger charge is -2.32. The fourth-order valence-electron chi connectivity index (χ4n) is 3.66. The smallest absolute Gasteiger partial charge is 0.133 e. The van der Waals surface area contributed by atoms with Crippen molar-refractivity contribution in [2.45, 2.75) is 58.8 Å². The first kappa shape index (κ1) is 14.0. The molecule has 0 spiro atoms. The minimum absolute atomic E-state index is 0.523. The van der Waals surface area contributed by atoms with Crippen LogP contribution in [-0.4, -0.2) is 18.9 Å². The van der Waals surface area contributed by atoms with Crippen molar-refractivity contribution in [3.63, 3.8) is 0 Å². The Morgan fingerprint density at radius 3 is 2.44 bits per heavy atom. The van der Waals surface area contributed by atoms with Gasteiger partial charge in [0.05, 0.1) is 0 Å². The number of rotatable bonds is 4. The van der Waals surface area contributed by atoms with E-state index in [9.17, 15) is 4.79 Å². The molecule has 0 aromatic heterocycles. The summed E-state index contributed by atoms with van der Waals surface area (Å²) in [5, 5.41) is 3.43. The maximum atomic E-state index is 11.8. The molecule has 2 unspecified atom stereocenters. The van der Waals surface area contributed by atoms with Gasteiger partial charge in [-0.1, -0.05) is 20.3 Å². The normalized spacial score (nSPS) is 30.9. The summed E-state index contributed by atoms with van der Waals surface area (Å²) in [5.74, 6) is 3.46. The van der Waals surface area contributed by atoms with Gasteiger partial charge in [-0.2, -0.15) is 0 Å². The molecule has 2 atom stereocenters. The third-order valence-corrected chi connectivity index (χ3v) is 5.03. The van der Waals surface area contributed by atoms with Crippen molar-refractivity contribution in [3.8, 4) is 0 Å². The molecule has 0 aromatic rings. The van der Waals surface area contributed by atoms with Crippen LogP contribution in [0.3, 0.4) is 0 Å². The maximum absolute atomic E-state index is 11.8. The van der Waals surface area contributed by atoms with E-state index in [1.54, 1.807) is 0 Å². The Hall–Kier alpha value is -0.370. The third kappa shape index (κ3) is 4.08. The van der Waals surface area contributed by atoms with Crippen LogP contribution in [0.5, 0.6) is 0 Å². The van der Waals surface area contributed by atoms with E-state index in [1.165, 1.54) is 45.2 Å². The highest BCUT2D eigenvalue weighted by atomic mass is 16.1. The van der Waals surface area contributed by atoms with Gasteiger partial charge in [0.1, 0.15) is 5.78 Å². The molecule has 1 heterocycles. The highest BCUT2D eigenvalue weighted by Gasteiger charge is 2.29. The number of nitrogens with one attached hydrogen (secondary N) is 1. The van der Waals surface area contributed by atoms with E-state index in [0.717, 1.165) is 18.8 Å². The second-order valence-corrected chi connectivity index (χ2v) is 6.82. The molecule has 0 bridgehead atoms. The largest absolute Gasteiger partial charge is 0.317 e. The van der Waals surface area contributed by atoms with Crippen LogP contribution in [0.4, 0.5) is 0 Å². The van der Waals surface area contributed by atoms with Crippen molar-refractivity contribution in [2.75, 3.05) is 13.1 Å². The lowest BCUT2D eigenvalue weighted by atomic mass is 9.73. The maximum Gasteiger partial charge on any atom is 0.133 e. The van der Waals surface area contributed by atoms with E-state index in [0.29, 0.717) is 23.5 Å². The Labute approximate surface area is 112 Å². The zero-order valence-corrected chi connectivity index (χ0v) is 12.1. The Morgan fingerprint density at radius 1 is 1.11 bits per heavy atom. The Morgan fingerprint density at radius 2 is 1.78 bits per heavy atom. The molecule has 2 heteroatoms. The number of Topliss-reactive ketones (excluding diaryl/α,β-unsaturated/α-hetero) is 1. The molecular weight excluding hydrogens is 222 g/mol. The van der Waals surface area contributed by atoms with Gasteiger partial charge in [-0.3, -0.25) is 4.79 Å². The van der Waals surface area contributed by atoms with Crippen LogP contribution in [-0.2, 0) is 4.79 Å². The monoisotopic (exact) mass is 251 g/mol. The van der Waals surface area contributed by atoms with E-state index in [4.69, 9.17) is 0 Å². The van der Waals surface area contributed by atoms with E-state index in [1.807, 2.05) is 0 Å². The zero-order chi connectivity index (χ0) is 13.0. The summed E-state index contributed by atoms with van der Waals surface area (Å²) in [7, 11) is 0. The molecule has 0 amide bonds. The SMILES string of the molecule is CC(C)C1CC(=O)CC(CCC2CCNCC2)C1. The molecule has 0 aromatic carbocycles. The first-order valence-electron chi connectivity index (χ1n) is 7.87. The van der Waals surface area contributed by atoms with Gasteiger partial charge in [-0.05, 0) is 62.4 Å². The first-order chi connectivity index (χ1) is 8.65. The summed E-state index contributed by atoms with van der Waals surface area (Å²) in [6.45, 7) is 6.94. The highest BCUT2D eigenvalue weighted by Crippen LogP contribution is 2.35. The number of piperidine rings is 1. The average Bonchev–Trinajstić information content (AvgIpc) is 2.37. The van der Waals surface area contributed by atoms with Crippen LogP contribution in [0.25, 0.3) is 0 Å². The van der Waals surface area contributed by atoms with Crippen LogP contribution in [0, 0.1) is 23.7 Å². The standard InChI is InChI=1S/C16H29NO/c1-12(2)15-9-14(10-16(18)11-15)4-3-13-5-7-17-8-6-13/h12-15,17H,3-11H2,1-2H3. The van der Waals surface area contributed by atoms with Gasteiger partial charge in [0.2, 0.25) is 0 Å². The van der Waals surface area contributed by atoms with Crippen LogP contribution in [0.2, 0.25) is 0 Å². The fraction of sp³-hybridized carbons (Fsp3) is 0.938. The van der Waals surface area contributed by atoms with Gasteiger partial charge < -0.3 is 5.32 Å². The predicted molar refractivity (Wildman–Crippen MR) is 75.5 cm³/mol. The second-order valence-electron chi connectivity index (χ2n) is 6.82. The summed E-state index contributed by atoms with van der Waals surface area (Å²) in [4.78, 5) is 11.8. The summed E-state index contributed by atoms with van der Waals surface area (Å²) < 4.78 is 0. The van der Waals surface area contributed by atoms with E-state index in [2.05, 4.69) is 19.2 Å². The molecule has 1 saturated heterocycles. The second kappa shape index (κ2) is 6.70. The summed E-state index contributed by atoms with van der Waals surface area (Å²) in [6.07, 6.45) is 8.34. The van der Waals surface area contributed by atoms with Gasteiger partial charge in [0.15, 0.2) is 0 Å². The molecular formula is C16H29NO. The van der Waals surface area contributed by atoms with Gasteiger partial charge in [-0.25, -0.2) is 0 Å². The number of hydrogen-bond acceptors (Lipinski definition) is 2. The van der Waals surface area contributed by atoms with E-state index >= 15 is 0 Å². The molecule has 2 nitrogen and oxygen atoms in total. The van der Waals surface area contributed by atoms with E-state index in [-0.39, 0.29) is 0 Å². The summed E-state index contributed by atoms with van der Waals surface area (Å²) >= 11 is 0. The van der Waals surface area contributed by atoms with Crippen molar-refractivity contribution in [2.24, 2.45) is 23.7 Å². The van der Waals surface area contributed by atoms with Crippen LogP contribution in [0.15, 0.2) is 0 Å². The van der Waals surface area contributed by atoms with Gasteiger partial charge in [-0.15, -0.1) is 0 Å². The Balaban J connectivity index is 1.75. The van der Waals surface area contributed by atoms with Crippen LogP contribution < -0.4 is 5.32 Å². The lowest BCUT2D eigenvalue weighted by Crippen LogP contribution is -2.29. The van der Waals surface area contributed by atoms with Gasteiger partial charge in [0, 0.05) is 12.8 Å². The molecule has 1 aliphatic heterocycles. The predicted octanol–water partition coefficient (Wildman–Crippen LogP) is 3.41. The minimum Gasteiger partial charge on any atom is -0.317 e. The molecule has 2 rings (SSSR count). The third-order valence-electron chi connectivity index (χ3n) is 5.03. The highest BCUT2D eigenvalue weighted by molar-refractivity contribution is 5.79. The lowest BCUT2D eigenvalue weighted by molar-refractivity contribution is -0.123. The van der Waals surface area contributed by atoms with Crippen LogP contribution >= 0.6 is 0 Å². The first-order valence-corrected chi connectivity index (χ1v) is 7.87. The number of ketones is 1. The molecule has 0 radical (unpaired) electrons. The molecule has 2 aliphatic rings. The van der Waals surface area contributed by atoms with Crippen molar-refractivity contribution in [1.29, 1.82) is 0 Å². The fourth-order valence-corrected chi connectivity index (χ4v) is 3.66. The van der Waals surface area contributed by atoms with Crippen molar-refractivity contribution < 1.29 is 4.79 Å². The quantitative estimate of drug-likeness (QED) is 0.829.